The molecular formula is C13H25NO2. The molecule has 0 amide bonds. The van der Waals surface area contributed by atoms with E-state index in [1.807, 2.05) is 0 Å². The highest BCUT2D eigenvalue weighted by Crippen LogP contribution is 2.28. The summed E-state index contributed by atoms with van der Waals surface area (Å²) >= 11 is 0. The molecule has 2 atom stereocenters. The lowest BCUT2D eigenvalue weighted by molar-refractivity contribution is 0.121. The topological polar surface area (TPSA) is 41.5 Å². The molecule has 0 aromatic carbocycles. The van der Waals surface area contributed by atoms with Gasteiger partial charge in [-0.1, -0.05) is 25.7 Å². The van der Waals surface area contributed by atoms with Crippen LogP contribution in [0.2, 0.25) is 0 Å². The van der Waals surface area contributed by atoms with Crippen molar-refractivity contribution < 1.29 is 9.84 Å². The van der Waals surface area contributed by atoms with Crippen molar-refractivity contribution in [2.45, 2.75) is 57.1 Å². The molecule has 0 aromatic rings. The van der Waals surface area contributed by atoms with Gasteiger partial charge in [0.1, 0.15) is 0 Å². The molecule has 2 fully saturated rings. The Kier molecular flexibility index (Phi) is 4.22. The largest absolute Gasteiger partial charge is 0.392 e. The van der Waals surface area contributed by atoms with E-state index in [1.54, 1.807) is 0 Å². The number of hydrogen-bond donors (Lipinski definition) is 2. The molecule has 0 radical (unpaired) electrons. The summed E-state index contributed by atoms with van der Waals surface area (Å²) in [6.07, 6.45) is 7.20. The van der Waals surface area contributed by atoms with Gasteiger partial charge in [0.15, 0.2) is 0 Å². The summed E-state index contributed by atoms with van der Waals surface area (Å²) in [4.78, 5) is 0. The monoisotopic (exact) mass is 227 g/mol. The summed E-state index contributed by atoms with van der Waals surface area (Å²) in [6.45, 7) is 4.53. The van der Waals surface area contributed by atoms with Gasteiger partial charge in [-0.2, -0.15) is 0 Å². The first-order valence-electron chi connectivity index (χ1n) is 6.69. The highest BCUT2D eigenvalue weighted by atomic mass is 16.5. The number of rotatable bonds is 5. The first-order valence-corrected chi connectivity index (χ1v) is 6.69. The maximum Gasteiger partial charge on any atom is 0.0667 e. The zero-order chi connectivity index (χ0) is 11.4. The van der Waals surface area contributed by atoms with Crippen LogP contribution in [0.4, 0.5) is 0 Å². The first-order chi connectivity index (χ1) is 7.68. The van der Waals surface area contributed by atoms with Crippen molar-refractivity contribution in [2.75, 3.05) is 19.8 Å². The molecule has 0 aromatic heterocycles. The second kappa shape index (κ2) is 5.48. The molecule has 2 aliphatic rings. The summed E-state index contributed by atoms with van der Waals surface area (Å²) in [7, 11) is 0. The van der Waals surface area contributed by atoms with Gasteiger partial charge in [-0.3, -0.25) is 0 Å². The van der Waals surface area contributed by atoms with E-state index >= 15 is 0 Å². The Morgan fingerprint density at radius 3 is 2.81 bits per heavy atom. The van der Waals surface area contributed by atoms with Crippen molar-refractivity contribution in [3.8, 4) is 0 Å². The Labute approximate surface area is 98.6 Å². The Balaban J connectivity index is 1.64. The molecule has 1 aliphatic carbocycles. The molecule has 16 heavy (non-hydrogen) atoms. The Morgan fingerprint density at radius 2 is 2.19 bits per heavy atom. The molecule has 3 heteroatoms. The van der Waals surface area contributed by atoms with Crippen LogP contribution in [0.15, 0.2) is 0 Å². The molecule has 2 N–H and O–H groups in total. The molecule has 2 rings (SSSR count). The molecule has 1 saturated heterocycles. The number of aliphatic hydroxyl groups is 1. The van der Waals surface area contributed by atoms with Crippen molar-refractivity contribution in [3.63, 3.8) is 0 Å². The standard InChI is InChI=1S/C13H25NO2/c1-13(6-7-16-10-13)14-9-12(15)8-11-4-2-3-5-11/h11-12,14-15H,2-10H2,1H3. The van der Waals surface area contributed by atoms with Gasteiger partial charge in [0, 0.05) is 18.7 Å². The zero-order valence-electron chi connectivity index (χ0n) is 10.4. The summed E-state index contributed by atoms with van der Waals surface area (Å²) in [5.74, 6) is 0.768. The van der Waals surface area contributed by atoms with E-state index in [2.05, 4.69) is 12.2 Å². The number of aliphatic hydroxyl groups excluding tert-OH is 1. The smallest absolute Gasteiger partial charge is 0.0667 e. The molecule has 1 saturated carbocycles. The van der Waals surface area contributed by atoms with E-state index in [1.165, 1.54) is 25.7 Å². The molecule has 1 heterocycles. The lowest BCUT2D eigenvalue weighted by Gasteiger charge is -2.26. The van der Waals surface area contributed by atoms with Gasteiger partial charge in [-0.25, -0.2) is 0 Å². The van der Waals surface area contributed by atoms with Crippen molar-refractivity contribution in [2.24, 2.45) is 5.92 Å². The van der Waals surface area contributed by atoms with E-state index in [-0.39, 0.29) is 11.6 Å². The minimum Gasteiger partial charge on any atom is -0.392 e. The fourth-order valence-corrected chi connectivity index (χ4v) is 2.88. The third kappa shape index (κ3) is 3.44. The Bertz CT molecular complexity index is 208. The summed E-state index contributed by atoms with van der Waals surface area (Å²) in [5, 5.41) is 13.4. The zero-order valence-corrected chi connectivity index (χ0v) is 10.4. The number of hydrogen-bond acceptors (Lipinski definition) is 3. The minimum absolute atomic E-state index is 0.0939. The normalized spacial score (nSPS) is 33.4. The van der Waals surface area contributed by atoms with Crippen LogP contribution in [0, 0.1) is 5.92 Å². The maximum absolute atomic E-state index is 9.98. The molecule has 94 valence electrons. The van der Waals surface area contributed by atoms with Crippen LogP contribution >= 0.6 is 0 Å². The third-order valence-electron chi connectivity index (χ3n) is 4.06. The van der Waals surface area contributed by atoms with Gasteiger partial charge in [0.2, 0.25) is 0 Å². The van der Waals surface area contributed by atoms with E-state index < -0.39 is 0 Å². The predicted octanol–water partition coefficient (Wildman–Crippen LogP) is 1.70. The van der Waals surface area contributed by atoms with Gasteiger partial charge in [-0.15, -0.1) is 0 Å². The molecule has 0 spiro atoms. The SMILES string of the molecule is CC1(NCC(O)CC2CCCC2)CCOC1. The van der Waals surface area contributed by atoms with Crippen molar-refractivity contribution in [1.29, 1.82) is 0 Å². The first kappa shape index (κ1) is 12.3. The van der Waals surface area contributed by atoms with Crippen LogP contribution in [0.25, 0.3) is 0 Å². The van der Waals surface area contributed by atoms with Crippen LogP contribution in [-0.2, 0) is 4.74 Å². The van der Waals surface area contributed by atoms with Crippen molar-refractivity contribution in [3.05, 3.63) is 0 Å². The van der Waals surface area contributed by atoms with Crippen LogP contribution in [0.1, 0.15) is 45.4 Å². The van der Waals surface area contributed by atoms with Gasteiger partial charge in [0.25, 0.3) is 0 Å². The highest BCUT2D eigenvalue weighted by Gasteiger charge is 2.29. The second-order valence-electron chi connectivity index (χ2n) is 5.78. The quantitative estimate of drug-likeness (QED) is 0.751. The van der Waals surface area contributed by atoms with Crippen molar-refractivity contribution in [1.82, 2.24) is 5.32 Å². The summed E-state index contributed by atoms with van der Waals surface area (Å²) < 4.78 is 5.38. The molecule has 1 aliphatic heterocycles. The van der Waals surface area contributed by atoms with Crippen LogP contribution in [0.5, 0.6) is 0 Å². The second-order valence-corrected chi connectivity index (χ2v) is 5.78. The van der Waals surface area contributed by atoms with E-state index in [4.69, 9.17) is 4.74 Å². The van der Waals surface area contributed by atoms with Crippen molar-refractivity contribution >= 4 is 0 Å². The Morgan fingerprint density at radius 1 is 1.44 bits per heavy atom. The molecule has 0 bridgehead atoms. The Hall–Kier alpha value is -0.120. The predicted molar refractivity (Wildman–Crippen MR) is 64.4 cm³/mol. The van der Waals surface area contributed by atoms with E-state index in [9.17, 15) is 5.11 Å². The number of β-amino-alcohol motifs (C(OH)–C–C–N with tert-alkyl or cyclic N) is 1. The summed E-state index contributed by atoms with van der Waals surface area (Å²) in [6, 6.07) is 0. The lowest BCUT2D eigenvalue weighted by Crippen LogP contribution is -2.46. The van der Waals surface area contributed by atoms with Gasteiger partial charge >= 0.3 is 0 Å². The highest BCUT2D eigenvalue weighted by molar-refractivity contribution is 4.87. The number of nitrogens with one attached hydrogen (secondary N) is 1. The molecule has 2 unspecified atom stereocenters. The van der Waals surface area contributed by atoms with Crippen LogP contribution in [-0.4, -0.2) is 36.5 Å². The fourth-order valence-electron chi connectivity index (χ4n) is 2.88. The van der Waals surface area contributed by atoms with Crippen LogP contribution < -0.4 is 5.32 Å². The van der Waals surface area contributed by atoms with Crippen LogP contribution in [0.3, 0.4) is 0 Å². The molecular weight excluding hydrogens is 202 g/mol. The van der Waals surface area contributed by atoms with E-state index in [0.717, 1.165) is 38.5 Å². The fraction of sp³-hybridized carbons (Fsp3) is 1.00. The average molecular weight is 227 g/mol. The maximum atomic E-state index is 9.98. The van der Waals surface area contributed by atoms with E-state index in [0.29, 0.717) is 0 Å². The van der Waals surface area contributed by atoms with Gasteiger partial charge in [0.05, 0.1) is 12.7 Å². The van der Waals surface area contributed by atoms with Gasteiger partial charge < -0.3 is 15.2 Å². The number of ether oxygens (including phenoxy) is 1. The minimum atomic E-state index is -0.180. The lowest BCUT2D eigenvalue weighted by atomic mass is 9.98. The summed E-state index contributed by atoms with van der Waals surface area (Å²) in [5.41, 5.74) is 0.0939. The average Bonchev–Trinajstić information content (AvgIpc) is 2.88. The third-order valence-corrected chi connectivity index (χ3v) is 4.06. The van der Waals surface area contributed by atoms with Gasteiger partial charge in [-0.05, 0) is 25.7 Å². The molecule has 3 nitrogen and oxygen atoms in total.